The van der Waals surface area contributed by atoms with E-state index in [0.717, 1.165) is 17.8 Å². The molecule has 1 amide bonds. The van der Waals surface area contributed by atoms with E-state index in [1.807, 2.05) is 13.2 Å². The Bertz CT molecular complexity index is 1030. The molecule has 28 heavy (non-hydrogen) atoms. The van der Waals surface area contributed by atoms with E-state index >= 15 is 0 Å². The highest BCUT2D eigenvalue weighted by Gasteiger charge is 2.30. The maximum Gasteiger partial charge on any atom is 0.416 e. The Balaban J connectivity index is 1.73. The first kappa shape index (κ1) is 20.1. The summed E-state index contributed by atoms with van der Waals surface area (Å²) in [7, 11) is 0. The Morgan fingerprint density at radius 3 is 2.68 bits per heavy atom. The van der Waals surface area contributed by atoms with Crippen LogP contribution in [0.3, 0.4) is 0 Å². The SMILES string of the molecule is CSc1nc2nc(C)c(CC(=O)NCc3cccc(C(F)(F)F)c3)c(C)n2n1. The van der Waals surface area contributed by atoms with E-state index in [-0.39, 0.29) is 18.9 Å². The van der Waals surface area contributed by atoms with Crippen molar-refractivity contribution >= 4 is 23.4 Å². The highest BCUT2D eigenvalue weighted by Crippen LogP contribution is 2.29. The number of hydrogen-bond acceptors (Lipinski definition) is 5. The number of benzene rings is 1. The van der Waals surface area contributed by atoms with Crippen LogP contribution in [0, 0.1) is 13.8 Å². The van der Waals surface area contributed by atoms with Crippen molar-refractivity contribution in [1.29, 1.82) is 0 Å². The van der Waals surface area contributed by atoms with Crippen LogP contribution in [-0.4, -0.2) is 31.7 Å². The summed E-state index contributed by atoms with van der Waals surface area (Å²) >= 11 is 1.39. The lowest BCUT2D eigenvalue weighted by Gasteiger charge is -2.12. The standard InChI is InChI=1S/C18H18F3N5OS/c1-10-14(11(2)26-16(23-10)24-17(25-26)28-3)8-15(27)22-9-12-5-4-6-13(7-12)18(19,20)21/h4-7H,8-9H2,1-3H3,(H,22,27). The fraction of sp³-hybridized carbons (Fsp3) is 0.333. The van der Waals surface area contributed by atoms with Gasteiger partial charge in [-0.2, -0.15) is 18.2 Å². The maximum absolute atomic E-state index is 12.8. The summed E-state index contributed by atoms with van der Waals surface area (Å²) in [6.45, 7) is 3.63. The number of rotatable bonds is 5. The van der Waals surface area contributed by atoms with Gasteiger partial charge in [-0.1, -0.05) is 23.9 Å². The molecule has 10 heteroatoms. The van der Waals surface area contributed by atoms with Crippen molar-refractivity contribution < 1.29 is 18.0 Å². The number of halogens is 3. The maximum atomic E-state index is 12.8. The van der Waals surface area contributed by atoms with Crippen LogP contribution in [0.2, 0.25) is 0 Å². The Morgan fingerprint density at radius 1 is 1.25 bits per heavy atom. The van der Waals surface area contributed by atoms with Crippen molar-refractivity contribution in [2.24, 2.45) is 0 Å². The van der Waals surface area contributed by atoms with Crippen LogP contribution in [0.25, 0.3) is 5.78 Å². The van der Waals surface area contributed by atoms with Crippen LogP contribution < -0.4 is 5.32 Å². The van der Waals surface area contributed by atoms with Gasteiger partial charge in [-0.15, -0.1) is 5.10 Å². The summed E-state index contributed by atoms with van der Waals surface area (Å²) in [5, 5.41) is 7.58. The van der Waals surface area contributed by atoms with Crippen LogP contribution in [0.4, 0.5) is 13.2 Å². The van der Waals surface area contributed by atoms with Crippen molar-refractivity contribution in [1.82, 2.24) is 24.9 Å². The molecule has 2 aromatic heterocycles. The fourth-order valence-corrected chi connectivity index (χ4v) is 3.15. The van der Waals surface area contributed by atoms with Gasteiger partial charge >= 0.3 is 6.18 Å². The number of thioether (sulfide) groups is 1. The first-order chi connectivity index (χ1) is 13.2. The second-order valence-electron chi connectivity index (χ2n) is 6.22. The largest absolute Gasteiger partial charge is 0.416 e. The predicted molar refractivity (Wildman–Crippen MR) is 99.0 cm³/mol. The third kappa shape index (κ3) is 4.27. The van der Waals surface area contributed by atoms with Crippen LogP contribution >= 0.6 is 11.8 Å². The average molecular weight is 409 g/mol. The molecule has 0 saturated carbocycles. The minimum Gasteiger partial charge on any atom is -0.352 e. The number of amides is 1. The second-order valence-corrected chi connectivity index (χ2v) is 7.00. The number of carbonyl (C=O) groups is 1. The van der Waals surface area contributed by atoms with Crippen LogP contribution in [0.5, 0.6) is 0 Å². The molecule has 0 bridgehead atoms. The zero-order chi connectivity index (χ0) is 20.5. The first-order valence-corrected chi connectivity index (χ1v) is 9.61. The van der Waals surface area contributed by atoms with Crippen LogP contribution in [-0.2, 0) is 23.9 Å². The van der Waals surface area contributed by atoms with Gasteiger partial charge in [0.05, 0.1) is 12.0 Å². The lowest BCUT2D eigenvalue weighted by Crippen LogP contribution is -2.26. The molecule has 3 aromatic rings. The second kappa shape index (κ2) is 7.78. The molecule has 2 heterocycles. The molecule has 1 aromatic carbocycles. The average Bonchev–Trinajstić information content (AvgIpc) is 3.06. The third-order valence-electron chi connectivity index (χ3n) is 4.29. The minimum absolute atomic E-state index is 0.0104. The quantitative estimate of drug-likeness (QED) is 0.655. The van der Waals surface area contributed by atoms with E-state index in [0.29, 0.717) is 27.8 Å². The van der Waals surface area contributed by atoms with Crippen molar-refractivity contribution in [3.8, 4) is 0 Å². The normalized spacial score (nSPS) is 11.8. The minimum atomic E-state index is -4.41. The van der Waals surface area contributed by atoms with E-state index in [9.17, 15) is 18.0 Å². The molecule has 0 aliphatic rings. The molecule has 1 N–H and O–H groups in total. The topological polar surface area (TPSA) is 72.2 Å². The Kier molecular flexibility index (Phi) is 5.59. The Labute approximate surface area is 163 Å². The molecule has 0 aliphatic carbocycles. The number of aryl methyl sites for hydroxylation is 2. The van der Waals surface area contributed by atoms with E-state index in [4.69, 9.17) is 0 Å². The fourth-order valence-electron chi connectivity index (χ4n) is 2.81. The van der Waals surface area contributed by atoms with E-state index < -0.39 is 11.7 Å². The van der Waals surface area contributed by atoms with E-state index in [1.165, 1.54) is 17.8 Å². The molecule has 0 radical (unpaired) electrons. The lowest BCUT2D eigenvalue weighted by molar-refractivity contribution is -0.137. The number of fused-ring (bicyclic) bond motifs is 1. The molecule has 0 aliphatic heterocycles. The van der Waals surface area contributed by atoms with Crippen molar-refractivity contribution in [2.45, 2.75) is 38.1 Å². The van der Waals surface area contributed by atoms with Crippen LogP contribution in [0.1, 0.15) is 28.1 Å². The van der Waals surface area contributed by atoms with Gasteiger partial charge in [0, 0.05) is 23.5 Å². The summed E-state index contributed by atoms with van der Waals surface area (Å²) in [6, 6.07) is 4.90. The van der Waals surface area contributed by atoms with Gasteiger partial charge in [-0.05, 0) is 37.8 Å². The molecule has 0 saturated heterocycles. The monoisotopic (exact) mass is 409 g/mol. The zero-order valence-corrected chi connectivity index (χ0v) is 16.3. The predicted octanol–water partition coefficient (Wildman–Crippen LogP) is 3.34. The van der Waals surface area contributed by atoms with Crippen molar-refractivity contribution in [3.63, 3.8) is 0 Å². The summed E-state index contributed by atoms with van der Waals surface area (Å²) in [4.78, 5) is 21.0. The molecular weight excluding hydrogens is 391 g/mol. The molecule has 3 rings (SSSR count). The van der Waals surface area contributed by atoms with Gasteiger partial charge in [0.15, 0.2) is 0 Å². The van der Waals surface area contributed by atoms with E-state index in [1.54, 1.807) is 17.5 Å². The van der Waals surface area contributed by atoms with Gasteiger partial charge in [-0.3, -0.25) is 4.79 Å². The number of nitrogens with zero attached hydrogens (tertiary/aromatic N) is 4. The van der Waals surface area contributed by atoms with Gasteiger partial charge in [0.25, 0.3) is 5.78 Å². The zero-order valence-electron chi connectivity index (χ0n) is 15.5. The number of carbonyl (C=O) groups excluding carboxylic acids is 1. The summed E-state index contributed by atoms with van der Waals surface area (Å²) < 4.78 is 40.0. The number of aromatic nitrogens is 4. The molecule has 0 spiro atoms. The molecular formula is C18H18F3N5OS. The van der Waals surface area contributed by atoms with E-state index in [2.05, 4.69) is 20.4 Å². The van der Waals surface area contributed by atoms with Gasteiger partial charge in [-0.25, -0.2) is 9.50 Å². The molecule has 0 fully saturated rings. The first-order valence-electron chi connectivity index (χ1n) is 8.38. The van der Waals surface area contributed by atoms with Gasteiger partial charge in [0.2, 0.25) is 11.1 Å². The molecule has 148 valence electrons. The third-order valence-corrected chi connectivity index (χ3v) is 4.83. The number of nitrogens with one attached hydrogen (secondary N) is 1. The summed E-state index contributed by atoms with van der Waals surface area (Å²) in [5.74, 6) is 0.155. The number of alkyl halides is 3. The highest BCUT2D eigenvalue weighted by atomic mass is 32.2. The smallest absolute Gasteiger partial charge is 0.352 e. The molecule has 0 atom stereocenters. The highest BCUT2D eigenvalue weighted by molar-refractivity contribution is 7.98. The Morgan fingerprint density at radius 2 is 2.00 bits per heavy atom. The lowest BCUT2D eigenvalue weighted by atomic mass is 10.1. The molecule has 6 nitrogen and oxygen atoms in total. The summed E-state index contributed by atoms with van der Waals surface area (Å²) in [5.41, 5.74) is 1.78. The van der Waals surface area contributed by atoms with Gasteiger partial charge < -0.3 is 5.32 Å². The summed E-state index contributed by atoms with van der Waals surface area (Å²) in [6.07, 6.45) is -2.50. The van der Waals surface area contributed by atoms with Crippen molar-refractivity contribution in [2.75, 3.05) is 6.26 Å². The Hall–Kier alpha value is -2.62. The van der Waals surface area contributed by atoms with Crippen LogP contribution in [0.15, 0.2) is 29.4 Å². The molecule has 0 unspecified atom stereocenters. The van der Waals surface area contributed by atoms with Crippen molar-refractivity contribution in [3.05, 3.63) is 52.3 Å². The van der Waals surface area contributed by atoms with Gasteiger partial charge in [0.1, 0.15) is 0 Å². The number of hydrogen-bond donors (Lipinski definition) is 1.